The lowest BCUT2D eigenvalue weighted by molar-refractivity contribution is -0.385. The quantitative estimate of drug-likeness (QED) is 0.594. The number of pyridine rings is 1. The number of nitrogens with zero attached hydrogens (tertiary/aromatic N) is 3. The highest BCUT2D eigenvalue weighted by atomic mass is 16.6. The Morgan fingerprint density at radius 1 is 1.44 bits per heavy atom. The molecule has 2 N–H and O–H groups in total. The first-order valence-corrected chi connectivity index (χ1v) is 5.28. The zero-order valence-electron chi connectivity index (χ0n) is 8.87. The third kappa shape index (κ3) is 2.27. The summed E-state index contributed by atoms with van der Waals surface area (Å²) >= 11 is 0. The average molecular weight is 222 g/mol. The molecular weight excluding hydrogens is 208 g/mol. The molecule has 2 rings (SSSR count). The minimum absolute atomic E-state index is 0.0254. The Hall–Kier alpha value is -1.69. The minimum Gasteiger partial charge on any atom is -0.356 e. The normalized spacial score (nSPS) is 17.4. The van der Waals surface area contributed by atoms with Gasteiger partial charge in [0.05, 0.1) is 4.92 Å². The first-order chi connectivity index (χ1) is 7.66. The van der Waals surface area contributed by atoms with Gasteiger partial charge in [0, 0.05) is 25.2 Å². The molecule has 6 heteroatoms. The summed E-state index contributed by atoms with van der Waals surface area (Å²) < 4.78 is 0. The number of hydrogen-bond acceptors (Lipinski definition) is 5. The van der Waals surface area contributed by atoms with E-state index in [1.54, 1.807) is 6.07 Å². The maximum absolute atomic E-state index is 10.5. The van der Waals surface area contributed by atoms with Gasteiger partial charge in [0.25, 0.3) is 5.69 Å². The van der Waals surface area contributed by atoms with Crippen LogP contribution in [0.1, 0.15) is 12.8 Å². The number of nitro groups is 1. The Morgan fingerprint density at radius 2 is 2.12 bits per heavy atom. The van der Waals surface area contributed by atoms with E-state index in [1.807, 2.05) is 0 Å². The molecule has 6 nitrogen and oxygen atoms in total. The topological polar surface area (TPSA) is 85.3 Å². The molecule has 1 fully saturated rings. The van der Waals surface area contributed by atoms with Gasteiger partial charge in [-0.05, 0) is 18.9 Å². The standard InChI is InChI=1S/C10H14N4O2/c11-8-3-5-13(6-4-8)10-2-1-9(7-12-10)14(15)16/h1-2,7-8H,3-6,11H2. The molecule has 2 heterocycles. The molecule has 1 aliphatic heterocycles. The van der Waals surface area contributed by atoms with Crippen molar-refractivity contribution >= 4 is 11.5 Å². The summed E-state index contributed by atoms with van der Waals surface area (Å²) in [6.07, 6.45) is 3.18. The lowest BCUT2D eigenvalue weighted by Gasteiger charge is -2.30. The number of piperidine rings is 1. The van der Waals surface area contributed by atoms with E-state index in [0.29, 0.717) is 0 Å². The lowest BCUT2D eigenvalue weighted by atomic mass is 10.1. The molecule has 0 amide bonds. The van der Waals surface area contributed by atoms with Crippen LogP contribution in [0.4, 0.5) is 11.5 Å². The highest BCUT2D eigenvalue weighted by molar-refractivity contribution is 5.43. The Bertz CT molecular complexity index is 371. The van der Waals surface area contributed by atoms with Crippen LogP contribution in [-0.2, 0) is 0 Å². The van der Waals surface area contributed by atoms with Crippen molar-refractivity contribution in [3.8, 4) is 0 Å². The molecule has 0 unspecified atom stereocenters. The monoisotopic (exact) mass is 222 g/mol. The van der Waals surface area contributed by atoms with Crippen LogP contribution in [0.2, 0.25) is 0 Å². The molecule has 0 atom stereocenters. The van der Waals surface area contributed by atoms with Gasteiger partial charge in [-0.25, -0.2) is 4.98 Å². The smallest absolute Gasteiger partial charge is 0.287 e. The van der Waals surface area contributed by atoms with E-state index in [1.165, 1.54) is 12.3 Å². The van der Waals surface area contributed by atoms with Gasteiger partial charge in [-0.1, -0.05) is 0 Å². The fraction of sp³-hybridized carbons (Fsp3) is 0.500. The van der Waals surface area contributed by atoms with Crippen LogP contribution >= 0.6 is 0 Å². The first kappa shape index (κ1) is 10.8. The molecule has 86 valence electrons. The molecule has 16 heavy (non-hydrogen) atoms. The van der Waals surface area contributed by atoms with Crippen molar-refractivity contribution in [1.29, 1.82) is 0 Å². The summed E-state index contributed by atoms with van der Waals surface area (Å²) in [5.41, 5.74) is 5.83. The van der Waals surface area contributed by atoms with Crippen LogP contribution in [0.25, 0.3) is 0 Å². The summed E-state index contributed by atoms with van der Waals surface area (Å²) in [4.78, 5) is 16.2. The van der Waals surface area contributed by atoms with E-state index in [2.05, 4.69) is 9.88 Å². The van der Waals surface area contributed by atoms with Crippen molar-refractivity contribution in [2.24, 2.45) is 5.73 Å². The zero-order valence-corrected chi connectivity index (χ0v) is 8.87. The molecule has 0 aliphatic carbocycles. The van der Waals surface area contributed by atoms with E-state index in [9.17, 15) is 10.1 Å². The summed E-state index contributed by atoms with van der Waals surface area (Å²) in [5, 5.41) is 10.5. The molecule has 0 radical (unpaired) electrons. The van der Waals surface area contributed by atoms with Crippen molar-refractivity contribution in [2.45, 2.75) is 18.9 Å². The van der Waals surface area contributed by atoms with Crippen molar-refractivity contribution in [2.75, 3.05) is 18.0 Å². The predicted molar refractivity (Wildman–Crippen MR) is 60.3 cm³/mol. The Balaban J connectivity index is 2.07. The van der Waals surface area contributed by atoms with Crippen LogP contribution in [-0.4, -0.2) is 29.0 Å². The van der Waals surface area contributed by atoms with Gasteiger partial charge in [-0.15, -0.1) is 0 Å². The number of anilines is 1. The number of hydrogen-bond donors (Lipinski definition) is 1. The highest BCUT2D eigenvalue weighted by Gasteiger charge is 2.17. The van der Waals surface area contributed by atoms with Gasteiger partial charge >= 0.3 is 0 Å². The summed E-state index contributed by atoms with van der Waals surface area (Å²) in [5.74, 6) is 0.789. The Labute approximate surface area is 93.2 Å². The van der Waals surface area contributed by atoms with E-state index in [0.717, 1.165) is 31.7 Å². The minimum atomic E-state index is -0.442. The van der Waals surface area contributed by atoms with Gasteiger partial charge in [-0.2, -0.15) is 0 Å². The molecule has 0 bridgehead atoms. The van der Waals surface area contributed by atoms with Gasteiger partial charge < -0.3 is 10.6 Å². The molecular formula is C10H14N4O2. The molecule has 1 aromatic rings. The van der Waals surface area contributed by atoms with E-state index < -0.39 is 4.92 Å². The number of nitrogens with two attached hydrogens (primary N) is 1. The maximum atomic E-state index is 10.5. The van der Waals surface area contributed by atoms with Crippen molar-refractivity contribution in [3.63, 3.8) is 0 Å². The highest BCUT2D eigenvalue weighted by Crippen LogP contribution is 2.19. The van der Waals surface area contributed by atoms with Crippen LogP contribution < -0.4 is 10.6 Å². The summed E-state index contributed by atoms with van der Waals surface area (Å²) in [7, 11) is 0. The molecule has 0 spiro atoms. The fourth-order valence-corrected chi connectivity index (χ4v) is 1.80. The van der Waals surface area contributed by atoms with Crippen LogP contribution in [0.15, 0.2) is 18.3 Å². The second kappa shape index (κ2) is 4.44. The Kier molecular flexibility index (Phi) is 3.00. The van der Waals surface area contributed by atoms with Crippen molar-refractivity contribution in [3.05, 3.63) is 28.4 Å². The van der Waals surface area contributed by atoms with Crippen LogP contribution in [0.5, 0.6) is 0 Å². The molecule has 0 aromatic carbocycles. The SMILES string of the molecule is NC1CCN(c2ccc([N+](=O)[O-])cn2)CC1. The van der Waals surface area contributed by atoms with Gasteiger partial charge in [0.2, 0.25) is 0 Å². The van der Waals surface area contributed by atoms with Crippen LogP contribution in [0.3, 0.4) is 0 Å². The van der Waals surface area contributed by atoms with Crippen molar-refractivity contribution in [1.82, 2.24) is 4.98 Å². The van der Waals surface area contributed by atoms with Gasteiger partial charge in [0.15, 0.2) is 0 Å². The van der Waals surface area contributed by atoms with E-state index in [-0.39, 0.29) is 11.7 Å². The van der Waals surface area contributed by atoms with Gasteiger partial charge in [-0.3, -0.25) is 10.1 Å². The van der Waals surface area contributed by atoms with E-state index in [4.69, 9.17) is 5.73 Å². The largest absolute Gasteiger partial charge is 0.356 e. The van der Waals surface area contributed by atoms with Crippen LogP contribution in [0, 0.1) is 10.1 Å². The molecule has 1 aliphatic rings. The van der Waals surface area contributed by atoms with E-state index >= 15 is 0 Å². The second-order valence-electron chi connectivity index (χ2n) is 3.96. The molecule has 1 aromatic heterocycles. The summed E-state index contributed by atoms with van der Waals surface area (Å²) in [6.45, 7) is 1.73. The second-order valence-corrected chi connectivity index (χ2v) is 3.96. The first-order valence-electron chi connectivity index (χ1n) is 5.28. The predicted octanol–water partition coefficient (Wildman–Crippen LogP) is 0.917. The lowest BCUT2D eigenvalue weighted by Crippen LogP contribution is -2.40. The number of rotatable bonds is 2. The third-order valence-corrected chi connectivity index (χ3v) is 2.81. The van der Waals surface area contributed by atoms with Gasteiger partial charge in [0.1, 0.15) is 12.0 Å². The fourth-order valence-electron chi connectivity index (χ4n) is 1.80. The maximum Gasteiger partial charge on any atom is 0.287 e. The molecule has 0 saturated carbocycles. The molecule has 1 saturated heterocycles. The Morgan fingerprint density at radius 3 is 2.62 bits per heavy atom. The van der Waals surface area contributed by atoms with Crippen molar-refractivity contribution < 1.29 is 4.92 Å². The third-order valence-electron chi connectivity index (χ3n) is 2.81. The summed E-state index contributed by atoms with van der Waals surface area (Å²) in [6, 6.07) is 3.44. The zero-order chi connectivity index (χ0) is 11.5. The number of aromatic nitrogens is 1. The average Bonchev–Trinajstić information content (AvgIpc) is 2.30.